The van der Waals surface area contributed by atoms with Crippen LogP contribution in [0, 0.1) is 5.92 Å². The van der Waals surface area contributed by atoms with Crippen LogP contribution in [-0.4, -0.2) is 50.7 Å². The first kappa shape index (κ1) is 23.7. The van der Waals surface area contributed by atoms with E-state index in [0.717, 1.165) is 57.8 Å². The van der Waals surface area contributed by atoms with E-state index in [-0.39, 0.29) is 28.7 Å². The van der Waals surface area contributed by atoms with Crippen LogP contribution < -0.4 is 10.6 Å². The van der Waals surface area contributed by atoms with Crippen LogP contribution in [0.1, 0.15) is 74.6 Å². The van der Waals surface area contributed by atoms with Crippen molar-refractivity contribution in [3.8, 4) is 0 Å². The predicted molar refractivity (Wildman–Crippen MR) is 120 cm³/mol. The molecule has 1 aromatic carbocycles. The number of nitrogens with one attached hydrogen (secondary N) is 2. The van der Waals surface area contributed by atoms with Gasteiger partial charge in [0, 0.05) is 37.7 Å². The fourth-order valence-electron chi connectivity index (χ4n) is 4.58. The second-order valence-electron chi connectivity index (χ2n) is 8.72. The Morgan fingerprint density at radius 3 is 2.23 bits per heavy atom. The Morgan fingerprint density at radius 1 is 0.935 bits per heavy atom. The summed E-state index contributed by atoms with van der Waals surface area (Å²) in [7, 11) is -2.02. The number of hydrogen-bond acceptors (Lipinski definition) is 4. The molecule has 172 valence electrons. The van der Waals surface area contributed by atoms with Crippen molar-refractivity contribution in [1.29, 1.82) is 0 Å². The van der Waals surface area contributed by atoms with Crippen molar-refractivity contribution in [2.24, 2.45) is 5.92 Å². The molecule has 7 nitrogen and oxygen atoms in total. The van der Waals surface area contributed by atoms with Crippen molar-refractivity contribution < 1.29 is 18.0 Å². The van der Waals surface area contributed by atoms with E-state index >= 15 is 0 Å². The fourth-order valence-corrected chi connectivity index (χ4v) is 6.04. The van der Waals surface area contributed by atoms with E-state index in [1.54, 1.807) is 19.2 Å². The molecule has 1 aromatic rings. The van der Waals surface area contributed by atoms with E-state index in [9.17, 15) is 18.0 Å². The molecule has 0 radical (unpaired) electrons. The highest BCUT2D eigenvalue weighted by atomic mass is 32.2. The van der Waals surface area contributed by atoms with Gasteiger partial charge >= 0.3 is 0 Å². The van der Waals surface area contributed by atoms with Gasteiger partial charge in [0.1, 0.15) is 0 Å². The molecule has 2 amide bonds. The number of rotatable bonds is 8. The van der Waals surface area contributed by atoms with Gasteiger partial charge in [0.15, 0.2) is 0 Å². The van der Waals surface area contributed by atoms with Crippen molar-refractivity contribution >= 4 is 21.8 Å². The molecule has 0 heterocycles. The smallest absolute Gasteiger partial charge is 0.251 e. The number of nitrogens with zero attached hydrogens (tertiary/aromatic N) is 1. The Hall–Kier alpha value is -1.93. The third kappa shape index (κ3) is 6.29. The molecule has 0 aliphatic heterocycles. The normalized spacial score (nSPS) is 18.6. The largest absolute Gasteiger partial charge is 0.354 e. The maximum atomic E-state index is 13.0. The molecule has 8 heteroatoms. The molecule has 0 unspecified atom stereocenters. The van der Waals surface area contributed by atoms with Gasteiger partial charge in [-0.25, -0.2) is 8.42 Å². The molecule has 3 rings (SSSR count). The van der Waals surface area contributed by atoms with Crippen LogP contribution in [-0.2, 0) is 14.8 Å². The highest BCUT2D eigenvalue weighted by molar-refractivity contribution is 7.89. The van der Waals surface area contributed by atoms with Crippen molar-refractivity contribution in [2.45, 2.75) is 75.1 Å². The monoisotopic (exact) mass is 449 g/mol. The van der Waals surface area contributed by atoms with Crippen LogP contribution in [0.5, 0.6) is 0 Å². The average Bonchev–Trinajstić information content (AvgIpc) is 2.82. The van der Waals surface area contributed by atoms with Crippen LogP contribution in [0.25, 0.3) is 0 Å². The van der Waals surface area contributed by atoms with Gasteiger partial charge in [0.05, 0.1) is 4.90 Å². The van der Waals surface area contributed by atoms with Gasteiger partial charge in [0.2, 0.25) is 15.9 Å². The van der Waals surface area contributed by atoms with Crippen LogP contribution in [0.2, 0.25) is 0 Å². The number of benzene rings is 1. The number of sulfonamides is 1. The Bertz CT molecular complexity index is 859. The minimum atomic E-state index is -3.65. The van der Waals surface area contributed by atoms with Gasteiger partial charge in [-0.3, -0.25) is 9.59 Å². The lowest BCUT2D eigenvalue weighted by Crippen LogP contribution is -2.39. The average molecular weight is 450 g/mol. The quantitative estimate of drug-likeness (QED) is 0.596. The third-order valence-corrected chi connectivity index (χ3v) is 8.45. The summed E-state index contributed by atoms with van der Waals surface area (Å²) < 4.78 is 27.5. The second kappa shape index (κ2) is 11.1. The lowest BCUT2D eigenvalue weighted by molar-refractivity contribution is -0.125. The minimum Gasteiger partial charge on any atom is -0.354 e. The van der Waals surface area contributed by atoms with E-state index in [1.165, 1.54) is 22.9 Å². The van der Waals surface area contributed by atoms with Crippen LogP contribution in [0.15, 0.2) is 29.2 Å². The van der Waals surface area contributed by atoms with E-state index < -0.39 is 10.0 Å². The van der Waals surface area contributed by atoms with Gasteiger partial charge < -0.3 is 10.6 Å². The second-order valence-corrected chi connectivity index (χ2v) is 10.7. The summed E-state index contributed by atoms with van der Waals surface area (Å²) in [5.41, 5.74) is 0.303. The topological polar surface area (TPSA) is 95.6 Å². The van der Waals surface area contributed by atoms with Crippen LogP contribution >= 0.6 is 0 Å². The van der Waals surface area contributed by atoms with Gasteiger partial charge in [0.25, 0.3) is 5.91 Å². The molecule has 0 spiro atoms. The standard InChI is InChI=1S/C23H35N3O4S/c1-26(20-12-6-3-7-13-20)31(29,30)21-14-8-11-19(17-21)23(28)25-16-15-24-22(27)18-9-4-2-5-10-18/h8,11,14,17-18,20H,2-7,9-10,12-13,15-16H2,1H3,(H,24,27)(H,25,28). The van der Waals surface area contributed by atoms with Gasteiger partial charge in [-0.05, 0) is 43.9 Å². The Morgan fingerprint density at radius 2 is 1.55 bits per heavy atom. The van der Waals surface area contributed by atoms with E-state index in [2.05, 4.69) is 10.6 Å². The van der Waals surface area contributed by atoms with Crippen LogP contribution in [0.4, 0.5) is 0 Å². The number of hydrogen-bond donors (Lipinski definition) is 2. The lowest BCUT2D eigenvalue weighted by atomic mass is 9.89. The van der Waals surface area contributed by atoms with Crippen molar-refractivity contribution in [3.05, 3.63) is 29.8 Å². The van der Waals surface area contributed by atoms with Gasteiger partial charge in [-0.1, -0.05) is 44.6 Å². The van der Waals surface area contributed by atoms with Crippen molar-refractivity contribution in [2.75, 3.05) is 20.1 Å². The van der Waals surface area contributed by atoms with Gasteiger partial charge in [-0.15, -0.1) is 0 Å². The molecule has 2 fully saturated rings. The molecular formula is C23H35N3O4S. The molecule has 0 saturated heterocycles. The summed E-state index contributed by atoms with van der Waals surface area (Å²) in [4.78, 5) is 24.8. The maximum absolute atomic E-state index is 13.0. The maximum Gasteiger partial charge on any atom is 0.251 e. The summed E-state index contributed by atoms with van der Waals surface area (Å²) in [6, 6.07) is 6.20. The first-order chi connectivity index (χ1) is 14.9. The molecule has 2 saturated carbocycles. The van der Waals surface area contributed by atoms with Crippen LogP contribution in [0.3, 0.4) is 0 Å². The lowest BCUT2D eigenvalue weighted by Gasteiger charge is -2.30. The van der Waals surface area contributed by atoms with Crippen molar-refractivity contribution in [1.82, 2.24) is 14.9 Å². The fraction of sp³-hybridized carbons (Fsp3) is 0.652. The summed E-state index contributed by atoms with van der Waals surface area (Å²) in [6.07, 6.45) is 10.3. The zero-order valence-corrected chi connectivity index (χ0v) is 19.3. The Balaban J connectivity index is 1.52. The number of amides is 2. The van der Waals surface area contributed by atoms with Crippen molar-refractivity contribution in [3.63, 3.8) is 0 Å². The molecule has 0 atom stereocenters. The molecule has 0 bridgehead atoms. The minimum absolute atomic E-state index is 0.0176. The summed E-state index contributed by atoms with van der Waals surface area (Å²) in [6.45, 7) is 0.666. The molecule has 2 N–H and O–H groups in total. The predicted octanol–water partition coefficient (Wildman–Crippen LogP) is 3.07. The van der Waals surface area contributed by atoms with E-state index in [0.29, 0.717) is 18.7 Å². The SMILES string of the molecule is CN(C1CCCCC1)S(=O)(=O)c1cccc(C(=O)NCCNC(=O)C2CCCCC2)c1. The van der Waals surface area contributed by atoms with E-state index in [4.69, 9.17) is 0 Å². The first-order valence-corrected chi connectivity index (χ1v) is 13.0. The zero-order chi connectivity index (χ0) is 22.3. The molecular weight excluding hydrogens is 414 g/mol. The highest BCUT2D eigenvalue weighted by Gasteiger charge is 2.29. The zero-order valence-electron chi connectivity index (χ0n) is 18.4. The Labute approximate surface area is 186 Å². The number of carbonyl (C=O) groups is 2. The molecule has 0 aromatic heterocycles. The Kier molecular flexibility index (Phi) is 8.49. The summed E-state index contributed by atoms with van der Waals surface area (Å²) in [5, 5.41) is 5.66. The number of carbonyl (C=O) groups excluding carboxylic acids is 2. The molecule has 31 heavy (non-hydrogen) atoms. The summed E-state index contributed by atoms with van der Waals surface area (Å²) >= 11 is 0. The van der Waals surface area contributed by atoms with E-state index in [1.807, 2.05) is 0 Å². The van der Waals surface area contributed by atoms with Gasteiger partial charge in [-0.2, -0.15) is 4.31 Å². The highest BCUT2D eigenvalue weighted by Crippen LogP contribution is 2.27. The third-order valence-electron chi connectivity index (χ3n) is 6.55. The molecule has 2 aliphatic rings. The summed E-state index contributed by atoms with van der Waals surface area (Å²) in [5.74, 6) is -0.190. The first-order valence-electron chi connectivity index (χ1n) is 11.5. The molecule has 2 aliphatic carbocycles.